The molecule has 1 aliphatic rings. The van der Waals surface area contributed by atoms with Gasteiger partial charge in [-0.1, -0.05) is 36.8 Å². The van der Waals surface area contributed by atoms with Crippen molar-refractivity contribution in [1.82, 2.24) is 4.90 Å². The zero-order valence-corrected chi connectivity index (χ0v) is 14.7. The number of anilines is 1. The molecule has 0 radical (unpaired) electrons. The molecule has 3 rings (SSSR count). The molecule has 0 saturated carbocycles. The highest BCUT2D eigenvalue weighted by atomic mass is 16.5. The zero-order chi connectivity index (χ0) is 16.6. The van der Waals surface area contributed by atoms with Gasteiger partial charge in [-0.15, -0.1) is 0 Å². The lowest BCUT2D eigenvalue weighted by Gasteiger charge is -2.31. The minimum atomic E-state index is 0.915. The maximum Gasteiger partial charge on any atom is 0.118 e. The summed E-state index contributed by atoms with van der Waals surface area (Å²) in [6.07, 6.45) is 4.10. The molecule has 3 heteroatoms. The van der Waals surface area contributed by atoms with Crippen molar-refractivity contribution in [3.8, 4) is 5.75 Å². The van der Waals surface area contributed by atoms with Crippen LogP contribution in [0, 0.1) is 0 Å². The average Bonchev–Trinajstić information content (AvgIpc) is 2.67. The summed E-state index contributed by atoms with van der Waals surface area (Å²) in [5, 5.41) is 0. The number of piperidine rings is 1. The molecule has 0 atom stereocenters. The number of hydrogen-bond acceptors (Lipinski definition) is 3. The van der Waals surface area contributed by atoms with Crippen molar-refractivity contribution in [3.05, 3.63) is 60.2 Å². The van der Waals surface area contributed by atoms with E-state index in [9.17, 15) is 0 Å². The van der Waals surface area contributed by atoms with Gasteiger partial charge < -0.3 is 14.5 Å². The Bertz CT molecular complexity index is 591. The van der Waals surface area contributed by atoms with Crippen LogP contribution in [0.15, 0.2) is 54.6 Å². The molecule has 2 aromatic carbocycles. The van der Waals surface area contributed by atoms with Crippen LogP contribution >= 0.6 is 0 Å². The molecule has 0 spiro atoms. The minimum absolute atomic E-state index is 0.915. The van der Waals surface area contributed by atoms with Crippen LogP contribution in [0.4, 0.5) is 5.69 Å². The molecule has 0 aromatic heterocycles. The summed E-state index contributed by atoms with van der Waals surface area (Å²) in [5.74, 6) is 0.915. The molecule has 0 aliphatic carbocycles. The summed E-state index contributed by atoms with van der Waals surface area (Å²) in [7, 11) is 1.71. The van der Waals surface area contributed by atoms with Gasteiger partial charge in [0.25, 0.3) is 0 Å². The van der Waals surface area contributed by atoms with Crippen LogP contribution in [0.25, 0.3) is 0 Å². The first-order valence-electron chi connectivity index (χ1n) is 9.00. The van der Waals surface area contributed by atoms with Crippen molar-refractivity contribution in [1.29, 1.82) is 0 Å². The molecule has 3 nitrogen and oxygen atoms in total. The largest absolute Gasteiger partial charge is 0.497 e. The third-order valence-electron chi connectivity index (χ3n) is 4.79. The van der Waals surface area contributed by atoms with E-state index in [4.69, 9.17) is 4.74 Å². The summed E-state index contributed by atoms with van der Waals surface area (Å²) in [5.41, 5.74) is 2.61. The Kier molecular flexibility index (Phi) is 6.13. The monoisotopic (exact) mass is 324 g/mol. The van der Waals surface area contributed by atoms with E-state index in [1.54, 1.807) is 7.11 Å². The van der Waals surface area contributed by atoms with Crippen LogP contribution in [0.3, 0.4) is 0 Å². The Hall–Kier alpha value is -2.00. The van der Waals surface area contributed by atoms with Gasteiger partial charge in [0, 0.05) is 25.3 Å². The highest BCUT2D eigenvalue weighted by molar-refractivity contribution is 5.47. The first-order chi connectivity index (χ1) is 11.8. The molecule has 1 fully saturated rings. The first-order valence-corrected chi connectivity index (χ1v) is 9.00. The average molecular weight is 324 g/mol. The number of likely N-dealkylation sites (tertiary alicyclic amines) is 1. The summed E-state index contributed by atoms with van der Waals surface area (Å²) >= 11 is 0. The van der Waals surface area contributed by atoms with Gasteiger partial charge in [-0.05, 0) is 55.8 Å². The number of nitrogens with zero attached hydrogens (tertiary/aromatic N) is 2. The second-order valence-corrected chi connectivity index (χ2v) is 6.51. The molecular formula is C21H28N2O. The van der Waals surface area contributed by atoms with Crippen molar-refractivity contribution in [2.45, 2.75) is 25.8 Å². The highest BCUT2D eigenvalue weighted by Crippen LogP contribution is 2.19. The second kappa shape index (κ2) is 8.74. The van der Waals surface area contributed by atoms with Gasteiger partial charge >= 0.3 is 0 Å². The SMILES string of the molecule is COc1ccc(CN(CCN2CCCCC2)c2ccccc2)cc1. The van der Waals surface area contributed by atoms with Gasteiger partial charge in [-0.25, -0.2) is 0 Å². The lowest BCUT2D eigenvalue weighted by Crippen LogP contribution is -2.37. The normalized spacial score (nSPS) is 15.2. The van der Waals surface area contributed by atoms with Crippen LogP contribution < -0.4 is 9.64 Å². The van der Waals surface area contributed by atoms with E-state index in [-0.39, 0.29) is 0 Å². The van der Waals surface area contributed by atoms with Crippen LogP contribution in [0.2, 0.25) is 0 Å². The summed E-state index contributed by atoms with van der Waals surface area (Å²) < 4.78 is 5.27. The maximum absolute atomic E-state index is 5.27. The Morgan fingerprint density at radius 2 is 1.62 bits per heavy atom. The van der Waals surface area contributed by atoms with E-state index < -0.39 is 0 Å². The Morgan fingerprint density at radius 1 is 0.917 bits per heavy atom. The molecule has 24 heavy (non-hydrogen) atoms. The van der Waals surface area contributed by atoms with Gasteiger partial charge in [0.2, 0.25) is 0 Å². The van der Waals surface area contributed by atoms with Gasteiger partial charge in [0.05, 0.1) is 7.11 Å². The molecular weight excluding hydrogens is 296 g/mol. The van der Waals surface area contributed by atoms with E-state index in [1.165, 1.54) is 43.6 Å². The van der Waals surface area contributed by atoms with Crippen molar-refractivity contribution < 1.29 is 4.74 Å². The Balaban J connectivity index is 1.66. The number of ether oxygens (including phenoxy) is 1. The number of rotatable bonds is 7. The van der Waals surface area contributed by atoms with E-state index in [1.807, 2.05) is 12.1 Å². The predicted octanol–water partition coefficient (Wildman–Crippen LogP) is 4.19. The van der Waals surface area contributed by atoms with Crippen molar-refractivity contribution >= 4 is 5.69 Å². The highest BCUT2D eigenvalue weighted by Gasteiger charge is 2.13. The molecule has 0 bridgehead atoms. The quantitative estimate of drug-likeness (QED) is 0.759. The smallest absolute Gasteiger partial charge is 0.118 e. The Morgan fingerprint density at radius 3 is 2.29 bits per heavy atom. The molecule has 1 aliphatic heterocycles. The number of para-hydroxylation sites is 1. The fourth-order valence-electron chi connectivity index (χ4n) is 3.33. The minimum Gasteiger partial charge on any atom is -0.497 e. The standard InChI is InChI=1S/C21H28N2O/c1-24-21-12-10-19(11-13-21)18-23(20-8-4-2-5-9-20)17-16-22-14-6-3-7-15-22/h2,4-5,8-13H,3,6-7,14-18H2,1H3. The molecule has 2 aromatic rings. The Labute approximate surface area is 145 Å². The van der Waals surface area contributed by atoms with E-state index >= 15 is 0 Å². The van der Waals surface area contributed by atoms with E-state index in [0.29, 0.717) is 0 Å². The maximum atomic E-state index is 5.27. The van der Waals surface area contributed by atoms with Crippen molar-refractivity contribution in [3.63, 3.8) is 0 Å². The zero-order valence-electron chi connectivity index (χ0n) is 14.7. The molecule has 0 unspecified atom stereocenters. The number of benzene rings is 2. The van der Waals surface area contributed by atoms with Crippen LogP contribution in [-0.2, 0) is 6.54 Å². The van der Waals surface area contributed by atoms with E-state index in [2.05, 4.69) is 52.3 Å². The van der Waals surface area contributed by atoms with Crippen LogP contribution in [0.5, 0.6) is 5.75 Å². The first kappa shape index (κ1) is 16.8. The second-order valence-electron chi connectivity index (χ2n) is 6.51. The number of methoxy groups -OCH3 is 1. The summed E-state index contributed by atoms with van der Waals surface area (Å²) in [6, 6.07) is 19.2. The molecule has 1 saturated heterocycles. The number of hydrogen-bond donors (Lipinski definition) is 0. The van der Waals surface area contributed by atoms with Gasteiger partial charge in [0.1, 0.15) is 5.75 Å². The third kappa shape index (κ3) is 4.75. The molecule has 0 N–H and O–H groups in total. The lowest BCUT2D eigenvalue weighted by atomic mass is 10.1. The fourth-order valence-corrected chi connectivity index (χ4v) is 3.33. The third-order valence-corrected chi connectivity index (χ3v) is 4.79. The topological polar surface area (TPSA) is 15.7 Å². The summed E-state index contributed by atoms with van der Waals surface area (Å²) in [6.45, 7) is 5.65. The molecule has 0 amide bonds. The van der Waals surface area contributed by atoms with E-state index in [0.717, 1.165) is 25.4 Å². The lowest BCUT2D eigenvalue weighted by molar-refractivity contribution is 0.233. The van der Waals surface area contributed by atoms with Crippen LogP contribution in [-0.4, -0.2) is 38.2 Å². The fraction of sp³-hybridized carbons (Fsp3) is 0.429. The van der Waals surface area contributed by atoms with Crippen molar-refractivity contribution in [2.75, 3.05) is 38.2 Å². The summed E-state index contributed by atoms with van der Waals surface area (Å²) in [4.78, 5) is 5.09. The van der Waals surface area contributed by atoms with Gasteiger partial charge in [0.15, 0.2) is 0 Å². The van der Waals surface area contributed by atoms with Gasteiger partial charge in [-0.2, -0.15) is 0 Å². The van der Waals surface area contributed by atoms with Crippen molar-refractivity contribution in [2.24, 2.45) is 0 Å². The van der Waals surface area contributed by atoms with Gasteiger partial charge in [-0.3, -0.25) is 0 Å². The predicted molar refractivity (Wildman–Crippen MR) is 101 cm³/mol. The van der Waals surface area contributed by atoms with Crippen LogP contribution in [0.1, 0.15) is 24.8 Å². The molecule has 1 heterocycles. The molecule has 128 valence electrons.